The number of ether oxygens (including phenoxy) is 1. The topological polar surface area (TPSA) is 87.9 Å². The van der Waals surface area contributed by atoms with Crippen LogP contribution < -0.4 is 9.80 Å². The second kappa shape index (κ2) is 8.00. The Hall–Kier alpha value is -2.87. The molecule has 1 aliphatic carbocycles. The molecule has 5 rings (SSSR count). The lowest BCUT2D eigenvalue weighted by molar-refractivity contribution is -0.120. The van der Waals surface area contributed by atoms with Gasteiger partial charge in [0, 0.05) is 44.0 Å². The lowest BCUT2D eigenvalue weighted by atomic mass is 10.0. The Balaban J connectivity index is 1.44. The average Bonchev–Trinajstić information content (AvgIpc) is 3.52. The highest BCUT2D eigenvalue weighted by molar-refractivity contribution is 6.04. The highest BCUT2D eigenvalue weighted by Gasteiger charge is 2.41. The Bertz CT molecular complexity index is 993. The molecule has 3 heterocycles. The molecule has 0 unspecified atom stereocenters. The van der Waals surface area contributed by atoms with E-state index in [2.05, 4.69) is 5.10 Å². The number of amides is 2. The van der Waals surface area contributed by atoms with Crippen LogP contribution in [0, 0.1) is 11.8 Å². The van der Waals surface area contributed by atoms with Gasteiger partial charge in [0.1, 0.15) is 0 Å². The zero-order valence-corrected chi connectivity index (χ0v) is 17.7. The van der Waals surface area contributed by atoms with Crippen LogP contribution in [0.25, 0.3) is 11.1 Å². The molecule has 0 radical (unpaired) electrons. The van der Waals surface area contributed by atoms with Crippen molar-refractivity contribution in [3.8, 4) is 11.1 Å². The van der Waals surface area contributed by atoms with E-state index in [0.29, 0.717) is 17.3 Å². The van der Waals surface area contributed by atoms with E-state index in [1.165, 1.54) is 4.90 Å². The normalized spacial score (nSPS) is 21.8. The molecular weight excluding hydrogens is 396 g/mol. The standard InChI is InChI=1S/C23H28N4O4/c1-15-12-26(23(29)30)21-10-18(4-5-20(21)27(15)22(28)17-2-3-17)19-11-24-25(14-19)13-16-6-8-31-9-7-16/h4-5,10-11,14-17H,2-3,6-9,12-13H2,1H3,(H,29,30)/t15-/m0/s1. The third-order valence-corrected chi connectivity index (χ3v) is 6.56. The molecule has 1 atom stereocenters. The molecule has 1 N–H and O–H groups in total. The molecule has 3 aliphatic rings. The van der Waals surface area contributed by atoms with E-state index in [1.807, 2.05) is 42.2 Å². The van der Waals surface area contributed by atoms with Gasteiger partial charge in [0.25, 0.3) is 0 Å². The van der Waals surface area contributed by atoms with Gasteiger partial charge in [-0.15, -0.1) is 0 Å². The molecule has 1 aromatic heterocycles. The number of carboxylic acid groups (broad SMARTS) is 1. The zero-order valence-electron chi connectivity index (χ0n) is 17.7. The minimum atomic E-state index is -1.00. The van der Waals surface area contributed by atoms with Crippen molar-refractivity contribution in [1.29, 1.82) is 0 Å². The van der Waals surface area contributed by atoms with E-state index in [-0.39, 0.29) is 24.4 Å². The summed E-state index contributed by atoms with van der Waals surface area (Å²) >= 11 is 0. The summed E-state index contributed by atoms with van der Waals surface area (Å²) in [5, 5.41) is 14.3. The second-order valence-electron chi connectivity index (χ2n) is 8.94. The number of benzene rings is 1. The summed E-state index contributed by atoms with van der Waals surface area (Å²) in [4.78, 5) is 28.0. The van der Waals surface area contributed by atoms with Crippen molar-refractivity contribution in [1.82, 2.24) is 9.78 Å². The fourth-order valence-corrected chi connectivity index (χ4v) is 4.65. The van der Waals surface area contributed by atoms with Gasteiger partial charge in [-0.3, -0.25) is 14.4 Å². The first-order valence-corrected chi connectivity index (χ1v) is 11.1. The van der Waals surface area contributed by atoms with Crippen molar-refractivity contribution in [3.05, 3.63) is 30.6 Å². The molecule has 2 aromatic rings. The molecule has 0 bridgehead atoms. The van der Waals surface area contributed by atoms with Gasteiger partial charge >= 0.3 is 6.09 Å². The molecule has 1 saturated heterocycles. The van der Waals surface area contributed by atoms with Crippen molar-refractivity contribution in [2.45, 2.75) is 45.2 Å². The number of hydrogen-bond donors (Lipinski definition) is 1. The summed E-state index contributed by atoms with van der Waals surface area (Å²) in [5.41, 5.74) is 3.08. The van der Waals surface area contributed by atoms with E-state index < -0.39 is 6.09 Å². The number of aromatic nitrogens is 2. The maximum absolute atomic E-state index is 12.9. The molecular formula is C23H28N4O4. The first-order valence-electron chi connectivity index (χ1n) is 11.1. The van der Waals surface area contributed by atoms with Crippen molar-refractivity contribution < 1.29 is 19.4 Å². The molecule has 2 fully saturated rings. The molecule has 8 heteroatoms. The zero-order chi connectivity index (χ0) is 21.5. The van der Waals surface area contributed by atoms with E-state index in [4.69, 9.17) is 4.74 Å². The van der Waals surface area contributed by atoms with Crippen LogP contribution >= 0.6 is 0 Å². The SMILES string of the molecule is C[C@H]1CN(C(=O)O)c2cc(-c3cnn(CC4CCOCC4)c3)ccc2N1C(=O)C1CC1. The van der Waals surface area contributed by atoms with Crippen LogP contribution in [0.2, 0.25) is 0 Å². The number of hydrogen-bond acceptors (Lipinski definition) is 4. The predicted molar refractivity (Wildman–Crippen MR) is 116 cm³/mol. The van der Waals surface area contributed by atoms with Gasteiger partial charge in [0.15, 0.2) is 0 Å². The predicted octanol–water partition coefficient (Wildman–Crippen LogP) is 3.61. The van der Waals surface area contributed by atoms with Crippen LogP contribution in [0.4, 0.5) is 16.2 Å². The summed E-state index contributed by atoms with van der Waals surface area (Å²) in [5.74, 6) is 0.751. The number of carbonyl (C=O) groups is 2. The molecule has 0 spiro atoms. The van der Waals surface area contributed by atoms with E-state index in [1.54, 1.807) is 4.90 Å². The van der Waals surface area contributed by atoms with Gasteiger partial charge < -0.3 is 14.7 Å². The maximum Gasteiger partial charge on any atom is 0.411 e. The fourth-order valence-electron chi connectivity index (χ4n) is 4.65. The quantitative estimate of drug-likeness (QED) is 0.810. The first kappa shape index (κ1) is 20.1. The molecule has 164 valence electrons. The Labute approximate surface area is 181 Å². The minimum Gasteiger partial charge on any atom is -0.465 e. The Kier molecular flexibility index (Phi) is 5.17. The van der Waals surface area contributed by atoms with E-state index in [9.17, 15) is 14.7 Å². The monoisotopic (exact) mass is 424 g/mol. The van der Waals surface area contributed by atoms with Gasteiger partial charge in [-0.05, 0) is 56.2 Å². The van der Waals surface area contributed by atoms with Crippen LogP contribution in [-0.2, 0) is 16.1 Å². The number of fused-ring (bicyclic) bond motifs is 1. The number of anilines is 2. The third-order valence-electron chi connectivity index (χ3n) is 6.56. The van der Waals surface area contributed by atoms with Gasteiger partial charge in [0.05, 0.1) is 23.6 Å². The lowest BCUT2D eigenvalue weighted by Crippen LogP contribution is -2.52. The summed E-state index contributed by atoms with van der Waals surface area (Å²) in [6.07, 6.45) is 6.77. The fraction of sp³-hybridized carbons (Fsp3) is 0.522. The number of rotatable bonds is 4. The summed E-state index contributed by atoms with van der Waals surface area (Å²) in [7, 11) is 0. The third kappa shape index (κ3) is 3.92. The van der Waals surface area contributed by atoms with E-state index in [0.717, 1.165) is 56.6 Å². The molecule has 2 amide bonds. The summed E-state index contributed by atoms with van der Waals surface area (Å²) in [6, 6.07) is 5.52. The first-order chi connectivity index (χ1) is 15.0. The highest BCUT2D eigenvalue weighted by Crippen LogP contribution is 2.42. The summed E-state index contributed by atoms with van der Waals surface area (Å²) in [6.45, 7) is 4.66. The Morgan fingerprint density at radius 3 is 2.61 bits per heavy atom. The highest BCUT2D eigenvalue weighted by atomic mass is 16.5. The Morgan fingerprint density at radius 2 is 1.90 bits per heavy atom. The smallest absolute Gasteiger partial charge is 0.411 e. The number of nitrogens with zero attached hydrogens (tertiary/aromatic N) is 4. The van der Waals surface area contributed by atoms with Crippen LogP contribution in [0.15, 0.2) is 30.6 Å². The molecule has 1 saturated carbocycles. The minimum absolute atomic E-state index is 0.0785. The largest absolute Gasteiger partial charge is 0.465 e. The van der Waals surface area contributed by atoms with Crippen molar-refractivity contribution in [2.75, 3.05) is 29.6 Å². The van der Waals surface area contributed by atoms with E-state index >= 15 is 0 Å². The molecule has 2 aliphatic heterocycles. The van der Waals surface area contributed by atoms with Gasteiger partial charge in [-0.25, -0.2) is 4.79 Å². The molecule has 8 nitrogen and oxygen atoms in total. The number of carbonyl (C=O) groups excluding carboxylic acids is 1. The molecule has 1 aromatic carbocycles. The van der Waals surface area contributed by atoms with Crippen LogP contribution in [0.3, 0.4) is 0 Å². The van der Waals surface area contributed by atoms with Gasteiger partial charge in [-0.2, -0.15) is 5.10 Å². The maximum atomic E-state index is 12.9. The van der Waals surface area contributed by atoms with Crippen LogP contribution in [-0.4, -0.2) is 52.7 Å². The molecule has 31 heavy (non-hydrogen) atoms. The average molecular weight is 425 g/mol. The summed E-state index contributed by atoms with van der Waals surface area (Å²) < 4.78 is 7.40. The van der Waals surface area contributed by atoms with Crippen molar-refractivity contribution in [2.24, 2.45) is 11.8 Å². The van der Waals surface area contributed by atoms with Crippen LogP contribution in [0.1, 0.15) is 32.6 Å². The van der Waals surface area contributed by atoms with Crippen molar-refractivity contribution >= 4 is 23.4 Å². The van der Waals surface area contributed by atoms with Gasteiger partial charge in [-0.1, -0.05) is 6.07 Å². The van der Waals surface area contributed by atoms with Crippen LogP contribution in [0.5, 0.6) is 0 Å². The second-order valence-corrected chi connectivity index (χ2v) is 8.94. The van der Waals surface area contributed by atoms with Crippen molar-refractivity contribution in [3.63, 3.8) is 0 Å². The lowest BCUT2D eigenvalue weighted by Gasteiger charge is -2.40. The van der Waals surface area contributed by atoms with Gasteiger partial charge in [0.2, 0.25) is 5.91 Å². The Morgan fingerprint density at radius 1 is 1.13 bits per heavy atom.